The van der Waals surface area contributed by atoms with Crippen LogP contribution in [-0.4, -0.2) is 45.1 Å². The highest BCUT2D eigenvalue weighted by Crippen LogP contribution is 2.29. The van der Waals surface area contributed by atoms with Gasteiger partial charge in [-0.3, -0.25) is 4.79 Å². The number of anilines is 1. The third kappa shape index (κ3) is 2.56. The van der Waals surface area contributed by atoms with Crippen molar-refractivity contribution < 1.29 is 9.90 Å². The quantitative estimate of drug-likeness (QED) is 0.932. The molecule has 1 aliphatic rings. The lowest BCUT2D eigenvalue weighted by molar-refractivity contribution is -0.137. The molecule has 0 bridgehead atoms. The molecule has 1 aromatic heterocycles. The molecule has 0 spiro atoms. The van der Waals surface area contributed by atoms with Crippen LogP contribution in [0.4, 0.5) is 5.82 Å². The number of carbonyl (C=O) groups is 1. The summed E-state index contributed by atoms with van der Waals surface area (Å²) in [5, 5.41) is 10.1. The highest BCUT2D eigenvalue weighted by molar-refractivity contribution is 7.99. The number of carboxylic acid groups (broad SMARTS) is 1. The van der Waals surface area contributed by atoms with Gasteiger partial charge in [0.15, 0.2) is 0 Å². The summed E-state index contributed by atoms with van der Waals surface area (Å²) < 4.78 is 0. The Labute approximate surface area is 121 Å². The molecule has 0 saturated carbocycles. The first-order valence-electron chi connectivity index (χ1n) is 6.51. The van der Waals surface area contributed by atoms with Gasteiger partial charge in [-0.1, -0.05) is 12.1 Å². The number of fused-ring (bicyclic) bond motifs is 1. The van der Waals surface area contributed by atoms with Crippen LogP contribution in [0.15, 0.2) is 30.6 Å². The summed E-state index contributed by atoms with van der Waals surface area (Å²) in [5.41, 5.74) is 0.893. The number of para-hydroxylation sites is 1. The number of thioether (sulfide) groups is 1. The normalized spacial score (nSPS) is 19.2. The molecule has 0 amide bonds. The summed E-state index contributed by atoms with van der Waals surface area (Å²) in [6.45, 7) is 0.823. The molecule has 0 radical (unpaired) electrons. The topological polar surface area (TPSA) is 66.3 Å². The minimum atomic E-state index is -0.763. The van der Waals surface area contributed by atoms with Crippen molar-refractivity contribution in [3.8, 4) is 0 Å². The number of carboxylic acids is 1. The van der Waals surface area contributed by atoms with Gasteiger partial charge < -0.3 is 10.0 Å². The number of aliphatic carboxylic acids is 1. The zero-order chi connectivity index (χ0) is 13.9. The molecule has 3 rings (SSSR count). The van der Waals surface area contributed by atoms with Crippen molar-refractivity contribution in [2.45, 2.75) is 12.5 Å². The van der Waals surface area contributed by atoms with Gasteiger partial charge in [0.25, 0.3) is 0 Å². The second kappa shape index (κ2) is 5.66. The SMILES string of the molecule is O=C(O)CC1CSCCN1c1ncnc2ccccc12. The van der Waals surface area contributed by atoms with E-state index in [9.17, 15) is 4.79 Å². The molecule has 1 aliphatic heterocycles. The lowest BCUT2D eigenvalue weighted by Crippen LogP contribution is -2.44. The maximum Gasteiger partial charge on any atom is 0.305 e. The predicted octanol–water partition coefficient (Wildman–Crippen LogP) is 2.03. The molecule has 1 fully saturated rings. The smallest absolute Gasteiger partial charge is 0.305 e. The zero-order valence-electron chi connectivity index (χ0n) is 10.9. The molecule has 1 aromatic carbocycles. The summed E-state index contributed by atoms with van der Waals surface area (Å²) in [5.74, 6) is 1.90. The maximum absolute atomic E-state index is 11.0. The van der Waals surface area contributed by atoms with Crippen molar-refractivity contribution in [2.24, 2.45) is 0 Å². The van der Waals surface area contributed by atoms with Gasteiger partial charge in [-0.15, -0.1) is 0 Å². The van der Waals surface area contributed by atoms with Gasteiger partial charge in [0.05, 0.1) is 11.9 Å². The maximum atomic E-state index is 11.0. The van der Waals surface area contributed by atoms with Crippen molar-refractivity contribution in [2.75, 3.05) is 23.0 Å². The highest BCUT2D eigenvalue weighted by Gasteiger charge is 2.27. The largest absolute Gasteiger partial charge is 0.481 e. The van der Waals surface area contributed by atoms with Crippen molar-refractivity contribution in [1.82, 2.24) is 9.97 Å². The fraction of sp³-hybridized carbons (Fsp3) is 0.357. The first-order chi connectivity index (χ1) is 9.75. The van der Waals surface area contributed by atoms with E-state index in [0.29, 0.717) is 0 Å². The summed E-state index contributed by atoms with van der Waals surface area (Å²) in [4.78, 5) is 21.8. The van der Waals surface area contributed by atoms with Crippen molar-refractivity contribution in [3.63, 3.8) is 0 Å². The number of hydrogen-bond donors (Lipinski definition) is 1. The Kier molecular flexibility index (Phi) is 3.73. The van der Waals surface area contributed by atoms with Crippen LogP contribution in [-0.2, 0) is 4.79 Å². The van der Waals surface area contributed by atoms with Crippen LogP contribution in [0.25, 0.3) is 10.9 Å². The van der Waals surface area contributed by atoms with E-state index in [1.165, 1.54) is 0 Å². The Bertz CT molecular complexity index is 629. The van der Waals surface area contributed by atoms with E-state index in [1.807, 2.05) is 24.3 Å². The van der Waals surface area contributed by atoms with Crippen LogP contribution in [0.5, 0.6) is 0 Å². The van der Waals surface area contributed by atoms with E-state index < -0.39 is 5.97 Å². The van der Waals surface area contributed by atoms with Crippen molar-refractivity contribution in [1.29, 1.82) is 0 Å². The van der Waals surface area contributed by atoms with E-state index in [1.54, 1.807) is 18.1 Å². The molecule has 1 saturated heterocycles. The fourth-order valence-corrected chi connectivity index (χ4v) is 3.59. The first kappa shape index (κ1) is 13.2. The summed E-state index contributed by atoms with van der Waals surface area (Å²) in [7, 11) is 0. The molecule has 104 valence electrons. The van der Waals surface area contributed by atoms with Gasteiger partial charge in [-0.2, -0.15) is 11.8 Å². The third-order valence-electron chi connectivity index (χ3n) is 3.43. The Morgan fingerprint density at radius 2 is 2.25 bits per heavy atom. The number of benzene rings is 1. The average Bonchev–Trinajstić information content (AvgIpc) is 2.47. The predicted molar refractivity (Wildman–Crippen MR) is 80.2 cm³/mol. The Morgan fingerprint density at radius 1 is 1.40 bits per heavy atom. The first-order valence-corrected chi connectivity index (χ1v) is 7.67. The highest BCUT2D eigenvalue weighted by atomic mass is 32.2. The Balaban J connectivity index is 2.01. The van der Waals surface area contributed by atoms with Crippen molar-refractivity contribution >= 4 is 34.5 Å². The lowest BCUT2D eigenvalue weighted by atomic mass is 10.1. The number of rotatable bonds is 3. The molecule has 6 heteroatoms. The van der Waals surface area contributed by atoms with E-state index in [2.05, 4.69) is 14.9 Å². The zero-order valence-corrected chi connectivity index (χ0v) is 11.7. The molecule has 5 nitrogen and oxygen atoms in total. The molecule has 0 aliphatic carbocycles. The van der Waals surface area contributed by atoms with Gasteiger partial charge in [0.2, 0.25) is 0 Å². The minimum Gasteiger partial charge on any atom is -0.481 e. The van der Waals surface area contributed by atoms with Crippen LogP contribution in [0, 0.1) is 0 Å². The molecule has 1 atom stereocenters. The van der Waals surface area contributed by atoms with E-state index >= 15 is 0 Å². The fourth-order valence-electron chi connectivity index (χ4n) is 2.52. The number of aromatic nitrogens is 2. The monoisotopic (exact) mass is 289 g/mol. The van der Waals surface area contributed by atoms with Crippen LogP contribution in [0.3, 0.4) is 0 Å². The third-order valence-corrected chi connectivity index (χ3v) is 4.52. The van der Waals surface area contributed by atoms with Crippen LogP contribution in [0.1, 0.15) is 6.42 Å². The van der Waals surface area contributed by atoms with E-state index in [0.717, 1.165) is 34.8 Å². The van der Waals surface area contributed by atoms with Gasteiger partial charge in [-0.25, -0.2) is 9.97 Å². The van der Waals surface area contributed by atoms with E-state index in [-0.39, 0.29) is 12.5 Å². The second-order valence-electron chi connectivity index (χ2n) is 4.73. The lowest BCUT2D eigenvalue weighted by Gasteiger charge is -2.36. The van der Waals surface area contributed by atoms with Gasteiger partial charge in [0.1, 0.15) is 12.1 Å². The average molecular weight is 289 g/mol. The number of nitrogens with zero attached hydrogens (tertiary/aromatic N) is 3. The van der Waals surface area contributed by atoms with Gasteiger partial charge >= 0.3 is 5.97 Å². The van der Waals surface area contributed by atoms with Crippen LogP contribution >= 0.6 is 11.8 Å². The van der Waals surface area contributed by atoms with Crippen LogP contribution < -0.4 is 4.90 Å². The van der Waals surface area contributed by atoms with Crippen molar-refractivity contribution in [3.05, 3.63) is 30.6 Å². The molecule has 2 aromatic rings. The Morgan fingerprint density at radius 3 is 3.10 bits per heavy atom. The molecular weight excluding hydrogens is 274 g/mol. The second-order valence-corrected chi connectivity index (χ2v) is 5.88. The molecule has 20 heavy (non-hydrogen) atoms. The molecular formula is C14H15N3O2S. The van der Waals surface area contributed by atoms with Gasteiger partial charge in [-0.05, 0) is 12.1 Å². The molecule has 1 unspecified atom stereocenters. The summed E-state index contributed by atoms with van der Waals surface area (Å²) >= 11 is 1.80. The molecule has 2 heterocycles. The standard InChI is InChI=1S/C14H15N3O2S/c18-13(19)7-10-8-20-6-5-17(10)14-11-3-1-2-4-12(11)15-9-16-14/h1-4,9-10H,5-8H2,(H,18,19). The summed E-state index contributed by atoms with van der Waals surface area (Å²) in [6, 6.07) is 7.83. The van der Waals surface area contributed by atoms with E-state index in [4.69, 9.17) is 5.11 Å². The number of hydrogen-bond acceptors (Lipinski definition) is 5. The molecule has 1 N–H and O–H groups in total. The van der Waals surface area contributed by atoms with Gasteiger partial charge in [0, 0.05) is 29.5 Å². The Hall–Kier alpha value is -1.82. The minimum absolute atomic E-state index is 0.00967. The van der Waals surface area contributed by atoms with Crippen LogP contribution in [0.2, 0.25) is 0 Å². The summed E-state index contributed by atoms with van der Waals surface area (Å²) in [6.07, 6.45) is 1.70.